The molecule has 0 aliphatic carbocycles. The van der Waals surface area contributed by atoms with Crippen molar-refractivity contribution in [1.29, 1.82) is 0 Å². The zero-order chi connectivity index (χ0) is 21.1. The zero-order valence-electron chi connectivity index (χ0n) is 15.7. The van der Waals surface area contributed by atoms with Crippen LogP contribution < -0.4 is 10.3 Å². The van der Waals surface area contributed by atoms with Crippen LogP contribution >= 0.6 is 0 Å². The molecule has 152 valence electrons. The largest absolute Gasteiger partial charge is 0.490 e. The van der Waals surface area contributed by atoms with Crippen LogP contribution in [-0.4, -0.2) is 31.8 Å². The lowest BCUT2D eigenvalue weighted by atomic mass is 10.2. The topological polar surface area (TPSA) is 95.9 Å². The van der Waals surface area contributed by atoms with E-state index < -0.39 is 12.3 Å². The van der Waals surface area contributed by atoms with Gasteiger partial charge < -0.3 is 9.15 Å². The van der Waals surface area contributed by atoms with Crippen LogP contribution in [0.5, 0.6) is 5.75 Å². The number of hydrogen-bond donors (Lipinski definition) is 0. The predicted molar refractivity (Wildman–Crippen MR) is 102 cm³/mol. The zero-order valence-corrected chi connectivity index (χ0v) is 15.7. The molecule has 0 saturated heterocycles. The molecule has 0 unspecified atom stereocenters. The molecule has 0 amide bonds. The molecule has 8 nitrogen and oxygen atoms in total. The molecule has 4 aromatic rings. The van der Waals surface area contributed by atoms with Gasteiger partial charge in [0.05, 0.1) is 31.1 Å². The maximum Gasteiger partial charge on any atom is 0.314 e. The first kappa shape index (κ1) is 19.4. The Bertz CT molecular complexity index is 1210. The van der Waals surface area contributed by atoms with E-state index in [9.17, 15) is 13.6 Å². The molecule has 0 bridgehead atoms. The molecule has 0 spiro atoms. The van der Waals surface area contributed by atoms with Gasteiger partial charge in [0.15, 0.2) is 0 Å². The number of hydrogen-bond acceptors (Lipinski definition) is 7. The maximum absolute atomic E-state index is 12.8. The Labute approximate surface area is 168 Å². The van der Waals surface area contributed by atoms with Gasteiger partial charge >= 0.3 is 6.43 Å². The van der Waals surface area contributed by atoms with Gasteiger partial charge in [0.25, 0.3) is 11.4 Å². The van der Waals surface area contributed by atoms with Gasteiger partial charge in [-0.1, -0.05) is 30.3 Å². The molecule has 10 heteroatoms. The summed E-state index contributed by atoms with van der Waals surface area (Å²) < 4.78 is 36.7. The second kappa shape index (κ2) is 8.19. The molecule has 0 aliphatic heterocycles. The van der Waals surface area contributed by atoms with Crippen molar-refractivity contribution in [3.8, 4) is 28.6 Å². The SMILES string of the molecule is COc1cnc(-c2ccccc2)n(Cc2ccc(-c3nnc(C(F)F)o3)cn2)c1=O. The molecule has 0 atom stereocenters. The highest BCUT2D eigenvalue weighted by atomic mass is 19.3. The van der Waals surface area contributed by atoms with Crippen LogP contribution in [0.15, 0.2) is 64.1 Å². The Morgan fingerprint density at radius 2 is 1.83 bits per heavy atom. The summed E-state index contributed by atoms with van der Waals surface area (Å²) in [7, 11) is 1.40. The minimum absolute atomic E-state index is 0.0606. The molecule has 3 heterocycles. The van der Waals surface area contributed by atoms with E-state index in [1.807, 2.05) is 30.3 Å². The summed E-state index contributed by atoms with van der Waals surface area (Å²) in [4.78, 5) is 21.5. The first-order chi connectivity index (χ1) is 14.6. The maximum atomic E-state index is 12.8. The second-order valence-corrected chi connectivity index (χ2v) is 6.19. The molecule has 0 N–H and O–H groups in total. The standard InChI is InChI=1S/C20H15F2N5O3/c1-29-15-10-24-17(12-5-3-2-4-6-12)27(20(15)28)11-14-8-7-13(9-23-14)18-25-26-19(30-18)16(21)22/h2-10,16H,11H2,1H3. The third-order valence-corrected chi connectivity index (χ3v) is 4.29. The number of rotatable bonds is 6. The molecule has 0 radical (unpaired) electrons. The van der Waals surface area contributed by atoms with Crippen molar-refractivity contribution in [3.63, 3.8) is 0 Å². The van der Waals surface area contributed by atoms with Crippen molar-refractivity contribution < 1.29 is 17.9 Å². The monoisotopic (exact) mass is 411 g/mol. The van der Waals surface area contributed by atoms with E-state index in [1.165, 1.54) is 24.1 Å². The summed E-state index contributed by atoms with van der Waals surface area (Å²) in [6.07, 6.45) is -0.0467. The highest BCUT2D eigenvalue weighted by Crippen LogP contribution is 2.23. The van der Waals surface area contributed by atoms with E-state index in [0.29, 0.717) is 17.1 Å². The predicted octanol–water partition coefficient (Wildman–Crippen LogP) is 3.35. The van der Waals surface area contributed by atoms with Gasteiger partial charge in [-0.2, -0.15) is 8.78 Å². The smallest absolute Gasteiger partial charge is 0.314 e. The Hall–Kier alpha value is -3.95. The van der Waals surface area contributed by atoms with Gasteiger partial charge in [-0.15, -0.1) is 10.2 Å². The minimum Gasteiger partial charge on any atom is -0.490 e. The van der Waals surface area contributed by atoms with Crippen molar-refractivity contribution in [1.82, 2.24) is 24.7 Å². The van der Waals surface area contributed by atoms with Crippen LogP contribution in [-0.2, 0) is 6.54 Å². The summed E-state index contributed by atoms with van der Waals surface area (Å²) in [6.45, 7) is 0.125. The second-order valence-electron chi connectivity index (χ2n) is 6.19. The van der Waals surface area contributed by atoms with E-state index in [-0.39, 0.29) is 23.7 Å². The van der Waals surface area contributed by atoms with Crippen molar-refractivity contribution in [3.05, 3.63) is 76.8 Å². The molecule has 0 fully saturated rings. The van der Waals surface area contributed by atoms with E-state index >= 15 is 0 Å². The summed E-state index contributed by atoms with van der Waals surface area (Å²) in [5, 5.41) is 6.89. The van der Waals surface area contributed by atoms with Gasteiger partial charge in [0.1, 0.15) is 5.82 Å². The number of nitrogens with zero attached hydrogens (tertiary/aromatic N) is 5. The molecule has 0 saturated carbocycles. The first-order valence-corrected chi connectivity index (χ1v) is 8.83. The molecular weight excluding hydrogens is 396 g/mol. The number of methoxy groups -OCH3 is 1. The minimum atomic E-state index is -2.85. The van der Waals surface area contributed by atoms with Crippen molar-refractivity contribution in [2.75, 3.05) is 7.11 Å². The number of benzene rings is 1. The number of alkyl halides is 2. The average molecular weight is 411 g/mol. The van der Waals surface area contributed by atoms with Crippen LogP contribution in [0, 0.1) is 0 Å². The third kappa shape index (κ3) is 3.79. The number of aromatic nitrogens is 5. The molecular formula is C20H15F2N5O3. The van der Waals surface area contributed by atoms with Crippen LogP contribution in [0.3, 0.4) is 0 Å². The van der Waals surface area contributed by atoms with Gasteiger partial charge in [0, 0.05) is 11.8 Å². The van der Waals surface area contributed by atoms with Crippen molar-refractivity contribution in [2.45, 2.75) is 13.0 Å². The number of ether oxygens (including phenoxy) is 1. The lowest BCUT2D eigenvalue weighted by Crippen LogP contribution is -2.25. The van der Waals surface area contributed by atoms with Gasteiger partial charge in [-0.25, -0.2) is 4.98 Å². The highest BCUT2D eigenvalue weighted by Gasteiger charge is 2.18. The Balaban J connectivity index is 1.67. The summed E-state index contributed by atoms with van der Waals surface area (Å²) in [5.74, 6) is -0.243. The van der Waals surface area contributed by atoms with Crippen molar-refractivity contribution in [2.24, 2.45) is 0 Å². The molecule has 4 rings (SSSR count). The number of pyridine rings is 1. The van der Waals surface area contributed by atoms with E-state index in [4.69, 9.17) is 9.15 Å². The van der Waals surface area contributed by atoms with E-state index in [0.717, 1.165) is 5.56 Å². The lowest BCUT2D eigenvalue weighted by molar-refractivity contribution is 0.116. The molecule has 0 aliphatic rings. The fourth-order valence-electron chi connectivity index (χ4n) is 2.82. The normalized spacial score (nSPS) is 11.1. The molecule has 30 heavy (non-hydrogen) atoms. The fraction of sp³-hybridized carbons (Fsp3) is 0.150. The Morgan fingerprint density at radius 1 is 1.03 bits per heavy atom. The Morgan fingerprint density at radius 3 is 2.47 bits per heavy atom. The van der Waals surface area contributed by atoms with Crippen LogP contribution in [0.4, 0.5) is 8.78 Å². The molecule has 1 aromatic carbocycles. The first-order valence-electron chi connectivity index (χ1n) is 8.83. The van der Waals surface area contributed by atoms with Crippen LogP contribution in [0.25, 0.3) is 22.8 Å². The van der Waals surface area contributed by atoms with E-state index in [1.54, 1.807) is 12.1 Å². The summed E-state index contributed by atoms with van der Waals surface area (Å²) >= 11 is 0. The average Bonchev–Trinajstić information content (AvgIpc) is 3.27. The van der Waals surface area contributed by atoms with Gasteiger partial charge in [-0.3, -0.25) is 14.3 Å². The number of halogens is 2. The van der Waals surface area contributed by atoms with Gasteiger partial charge in [-0.05, 0) is 12.1 Å². The quantitative estimate of drug-likeness (QED) is 0.480. The third-order valence-electron chi connectivity index (χ3n) is 4.29. The van der Waals surface area contributed by atoms with Crippen LogP contribution in [0.2, 0.25) is 0 Å². The van der Waals surface area contributed by atoms with E-state index in [2.05, 4.69) is 20.2 Å². The van der Waals surface area contributed by atoms with Gasteiger partial charge in [0.2, 0.25) is 11.6 Å². The summed E-state index contributed by atoms with van der Waals surface area (Å²) in [5.41, 5.74) is 1.34. The van der Waals surface area contributed by atoms with Crippen molar-refractivity contribution >= 4 is 0 Å². The fourth-order valence-corrected chi connectivity index (χ4v) is 2.82. The lowest BCUT2D eigenvalue weighted by Gasteiger charge is -2.13. The van der Waals surface area contributed by atoms with Crippen LogP contribution in [0.1, 0.15) is 18.0 Å². The summed E-state index contributed by atoms with van der Waals surface area (Å²) in [6, 6.07) is 12.5. The Kier molecular flexibility index (Phi) is 5.29. The highest BCUT2D eigenvalue weighted by molar-refractivity contribution is 5.55. The molecule has 3 aromatic heterocycles.